The first kappa shape index (κ1) is 10.6. The van der Waals surface area contributed by atoms with Gasteiger partial charge < -0.3 is 9.64 Å². The maximum Gasteiger partial charge on any atom is 0.302 e. The Morgan fingerprint density at radius 3 is 2.85 bits per heavy atom. The van der Waals surface area contributed by atoms with Crippen molar-refractivity contribution in [3.63, 3.8) is 0 Å². The molecule has 0 amide bonds. The Morgan fingerprint density at radius 2 is 2.31 bits per heavy atom. The molecule has 2 unspecified atom stereocenters. The lowest BCUT2D eigenvalue weighted by Crippen LogP contribution is -2.37. The summed E-state index contributed by atoms with van der Waals surface area (Å²) in [6.07, 6.45) is 0.956. The standard InChI is InChI=1S/C9H16BNO2/c1-7(12)13-6-8-3-9(10)5-11(2)4-8/h8-9H,3-6H2,1-2H3. The number of likely N-dealkylation sites (tertiary alicyclic amines) is 1. The van der Waals surface area contributed by atoms with Crippen LogP contribution < -0.4 is 0 Å². The van der Waals surface area contributed by atoms with Gasteiger partial charge in [0.2, 0.25) is 0 Å². The van der Waals surface area contributed by atoms with Crippen molar-refractivity contribution in [3.8, 4) is 0 Å². The van der Waals surface area contributed by atoms with Crippen molar-refractivity contribution in [1.82, 2.24) is 4.90 Å². The molecule has 1 aliphatic heterocycles. The average molecular weight is 181 g/mol. The maximum atomic E-state index is 10.6. The number of hydrogen-bond donors (Lipinski definition) is 0. The largest absolute Gasteiger partial charge is 0.466 e. The molecule has 0 spiro atoms. The third kappa shape index (κ3) is 3.81. The third-order valence-corrected chi connectivity index (χ3v) is 2.27. The summed E-state index contributed by atoms with van der Waals surface area (Å²) in [5, 5.41) is 0. The van der Waals surface area contributed by atoms with E-state index in [4.69, 9.17) is 12.6 Å². The van der Waals surface area contributed by atoms with E-state index >= 15 is 0 Å². The van der Waals surface area contributed by atoms with Crippen LogP contribution in [0.3, 0.4) is 0 Å². The lowest BCUT2D eigenvalue weighted by atomic mass is 9.77. The number of hydrogen-bond acceptors (Lipinski definition) is 3. The fourth-order valence-electron chi connectivity index (χ4n) is 1.85. The van der Waals surface area contributed by atoms with Gasteiger partial charge in [-0.2, -0.15) is 0 Å². The predicted octanol–water partition coefficient (Wildman–Crippen LogP) is 0.458. The summed E-state index contributed by atoms with van der Waals surface area (Å²) in [6, 6.07) is 0. The summed E-state index contributed by atoms with van der Waals surface area (Å²) in [5.74, 6) is 0.416. The van der Waals surface area contributed by atoms with Crippen LogP contribution in [0.15, 0.2) is 0 Å². The molecule has 0 saturated carbocycles. The molecule has 1 aliphatic rings. The van der Waals surface area contributed by atoms with E-state index in [1.807, 2.05) is 7.05 Å². The second kappa shape index (κ2) is 4.65. The molecule has 0 aliphatic carbocycles. The monoisotopic (exact) mass is 181 g/mol. The van der Waals surface area contributed by atoms with Gasteiger partial charge in [-0.25, -0.2) is 0 Å². The van der Waals surface area contributed by atoms with E-state index in [9.17, 15) is 4.79 Å². The Hall–Kier alpha value is -0.505. The third-order valence-electron chi connectivity index (χ3n) is 2.27. The second-order valence-electron chi connectivity index (χ2n) is 3.89. The van der Waals surface area contributed by atoms with Crippen LogP contribution >= 0.6 is 0 Å². The number of rotatable bonds is 2. The van der Waals surface area contributed by atoms with E-state index in [1.165, 1.54) is 6.92 Å². The maximum absolute atomic E-state index is 10.6. The molecule has 0 bridgehead atoms. The molecule has 0 N–H and O–H groups in total. The van der Waals surface area contributed by atoms with Gasteiger partial charge in [0.15, 0.2) is 0 Å². The number of nitrogens with zero attached hydrogens (tertiary/aromatic N) is 1. The molecule has 0 aromatic carbocycles. The fourth-order valence-corrected chi connectivity index (χ4v) is 1.85. The molecule has 2 radical (unpaired) electrons. The van der Waals surface area contributed by atoms with Gasteiger partial charge >= 0.3 is 5.97 Å². The quantitative estimate of drug-likeness (QED) is 0.457. The van der Waals surface area contributed by atoms with Crippen molar-refractivity contribution < 1.29 is 9.53 Å². The van der Waals surface area contributed by atoms with Crippen molar-refractivity contribution in [1.29, 1.82) is 0 Å². The first-order valence-corrected chi connectivity index (χ1v) is 4.65. The highest BCUT2D eigenvalue weighted by molar-refractivity contribution is 6.11. The topological polar surface area (TPSA) is 29.5 Å². The van der Waals surface area contributed by atoms with Crippen LogP contribution in [-0.2, 0) is 9.53 Å². The van der Waals surface area contributed by atoms with E-state index in [0.29, 0.717) is 12.5 Å². The zero-order chi connectivity index (χ0) is 9.84. The molecular weight excluding hydrogens is 165 g/mol. The molecule has 1 rings (SSSR count). The van der Waals surface area contributed by atoms with Crippen molar-refractivity contribution in [3.05, 3.63) is 0 Å². The van der Waals surface area contributed by atoms with E-state index in [2.05, 4.69) is 4.90 Å². The minimum Gasteiger partial charge on any atom is -0.466 e. The van der Waals surface area contributed by atoms with E-state index in [-0.39, 0.29) is 11.8 Å². The highest BCUT2D eigenvalue weighted by Gasteiger charge is 2.22. The fraction of sp³-hybridized carbons (Fsp3) is 0.889. The molecule has 1 fully saturated rings. The van der Waals surface area contributed by atoms with Crippen LogP contribution in [-0.4, -0.2) is 45.5 Å². The Kier molecular flexibility index (Phi) is 3.79. The van der Waals surface area contributed by atoms with Crippen molar-refractivity contribution >= 4 is 13.8 Å². The van der Waals surface area contributed by atoms with Gasteiger partial charge in [-0.05, 0) is 20.0 Å². The minimum absolute atomic E-state index is 0.207. The van der Waals surface area contributed by atoms with Crippen molar-refractivity contribution in [2.45, 2.75) is 19.2 Å². The Labute approximate surface area is 80.8 Å². The molecule has 13 heavy (non-hydrogen) atoms. The van der Waals surface area contributed by atoms with Gasteiger partial charge in [-0.15, -0.1) is 0 Å². The number of carbonyl (C=O) groups is 1. The predicted molar refractivity (Wildman–Crippen MR) is 51.7 cm³/mol. The first-order chi connectivity index (χ1) is 6.08. The summed E-state index contributed by atoms with van der Waals surface area (Å²) in [4.78, 5) is 12.8. The smallest absolute Gasteiger partial charge is 0.302 e. The number of esters is 1. The summed E-state index contributed by atoms with van der Waals surface area (Å²) in [7, 11) is 7.88. The molecule has 1 saturated heterocycles. The minimum atomic E-state index is -0.207. The van der Waals surface area contributed by atoms with Gasteiger partial charge in [-0.3, -0.25) is 4.79 Å². The van der Waals surface area contributed by atoms with E-state index in [1.54, 1.807) is 0 Å². The lowest BCUT2D eigenvalue weighted by Gasteiger charge is -2.33. The first-order valence-electron chi connectivity index (χ1n) is 4.65. The van der Waals surface area contributed by atoms with Gasteiger partial charge in [0.05, 0.1) is 14.5 Å². The highest BCUT2D eigenvalue weighted by atomic mass is 16.5. The molecule has 0 aromatic rings. The zero-order valence-corrected chi connectivity index (χ0v) is 8.32. The van der Waals surface area contributed by atoms with Crippen LogP contribution in [0.2, 0.25) is 5.82 Å². The molecular formula is C9H16BNO2. The molecule has 3 nitrogen and oxygen atoms in total. The summed E-state index contributed by atoms with van der Waals surface area (Å²) in [6.45, 7) is 3.86. The number of piperidine rings is 1. The van der Waals surface area contributed by atoms with Crippen molar-refractivity contribution in [2.75, 3.05) is 26.7 Å². The van der Waals surface area contributed by atoms with Gasteiger partial charge in [0.1, 0.15) is 0 Å². The van der Waals surface area contributed by atoms with E-state index < -0.39 is 0 Å². The Balaban J connectivity index is 2.28. The number of carbonyl (C=O) groups excluding carboxylic acids is 1. The highest BCUT2D eigenvalue weighted by Crippen LogP contribution is 2.22. The SMILES string of the molecule is [B]C1CC(COC(C)=O)CN(C)C1. The average Bonchev–Trinajstić information content (AvgIpc) is 1.99. The summed E-state index contributed by atoms with van der Waals surface area (Å²) >= 11 is 0. The van der Waals surface area contributed by atoms with Gasteiger partial charge in [0.25, 0.3) is 0 Å². The molecule has 1 heterocycles. The van der Waals surface area contributed by atoms with Gasteiger partial charge in [0, 0.05) is 19.4 Å². The molecule has 2 atom stereocenters. The lowest BCUT2D eigenvalue weighted by molar-refractivity contribution is -0.142. The normalized spacial score (nSPS) is 30.0. The summed E-state index contributed by atoms with van der Waals surface area (Å²) in [5.41, 5.74) is 0. The van der Waals surface area contributed by atoms with Gasteiger partial charge in [-0.1, -0.05) is 5.82 Å². The molecule has 4 heteroatoms. The van der Waals surface area contributed by atoms with Crippen molar-refractivity contribution in [2.24, 2.45) is 5.92 Å². The zero-order valence-electron chi connectivity index (χ0n) is 8.32. The summed E-state index contributed by atoms with van der Waals surface area (Å²) < 4.78 is 4.96. The molecule has 72 valence electrons. The number of ether oxygens (including phenoxy) is 1. The Bertz CT molecular complexity index is 176. The van der Waals surface area contributed by atoms with Crippen LogP contribution in [0.25, 0.3) is 0 Å². The van der Waals surface area contributed by atoms with E-state index in [0.717, 1.165) is 19.5 Å². The van der Waals surface area contributed by atoms with Crippen LogP contribution in [0, 0.1) is 5.92 Å². The van der Waals surface area contributed by atoms with Crippen LogP contribution in [0.5, 0.6) is 0 Å². The second-order valence-corrected chi connectivity index (χ2v) is 3.89. The van der Waals surface area contributed by atoms with Crippen LogP contribution in [0.4, 0.5) is 0 Å². The van der Waals surface area contributed by atoms with Crippen LogP contribution in [0.1, 0.15) is 13.3 Å². The molecule has 0 aromatic heterocycles. The Morgan fingerprint density at radius 1 is 1.62 bits per heavy atom.